The van der Waals surface area contributed by atoms with Crippen molar-refractivity contribution in [1.82, 2.24) is 25.5 Å². The molecule has 124 valence electrons. The van der Waals surface area contributed by atoms with Crippen LogP contribution in [0.3, 0.4) is 0 Å². The maximum atomic E-state index is 12.2. The summed E-state index contributed by atoms with van der Waals surface area (Å²) in [4.78, 5) is 13.4. The van der Waals surface area contributed by atoms with Crippen LogP contribution in [0.15, 0.2) is 24.3 Å². The molecule has 0 radical (unpaired) electrons. The van der Waals surface area contributed by atoms with Gasteiger partial charge in [0.15, 0.2) is 0 Å². The van der Waals surface area contributed by atoms with E-state index in [2.05, 4.69) is 20.7 Å². The second-order valence-corrected chi connectivity index (χ2v) is 6.41. The largest absolute Gasteiger partial charge is 0.348 e. The van der Waals surface area contributed by atoms with Crippen LogP contribution in [-0.2, 0) is 11.3 Å². The Morgan fingerprint density at radius 3 is 2.61 bits per heavy atom. The van der Waals surface area contributed by atoms with Crippen molar-refractivity contribution in [3.8, 4) is 11.4 Å². The van der Waals surface area contributed by atoms with Gasteiger partial charge in [-0.1, -0.05) is 25.4 Å². The topological polar surface area (TPSA) is 98.7 Å². The van der Waals surface area contributed by atoms with Crippen LogP contribution in [0.2, 0.25) is 5.02 Å². The first-order valence-corrected chi connectivity index (χ1v) is 7.76. The number of hydrogen-bond acceptors (Lipinski definition) is 5. The zero-order valence-corrected chi connectivity index (χ0v) is 14.2. The summed E-state index contributed by atoms with van der Waals surface area (Å²) in [5.74, 6) is 0.455. The molecule has 8 heteroatoms. The minimum atomic E-state index is -0.462. The second kappa shape index (κ2) is 7.06. The molecule has 0 aliphatic rings. The number of halogens is 1. The van der Waals surface area contributed by atoms with Crippen molar-refractivity contribution in [2.45, 2.75) is 32.9 Å². The van der Waals surface area contributed by atoms with Gasteiger partial charge in [0, 0.05) is 17.1 Å². The molecule has 23 heavy (non-hydrogen) atoms. The number of tetrazole rings is 1. The SMILES string of the molecule is CC(C)C(C)(CN)NC(=O)Cn1nnc(-c2ccc(Cl)cc2)n1. The van der Waals surface area contributed by atoms with E-state index in [0.29, 0.717) is 17.4 Å². The van der Waals surface area contributed by atoms with Crippen molar-refractivity contribution in [3.05, 3.63) is 29.3 Å². The van der Waals surface area contributed by atoms with Gasteiger partial charge < -0.3 is 11.1 Å². The molecule has 0 saturated carbocycles. The van der Waals surface area contributed by atoms with Crippen LogP contribution in [0, 0.1) is 5.92 Å². The first-order valence-electron chi connectivity index (χ1n) is 7.39. The van der Waals surface area contributed by atoms with E-state index < -0.39 is 5.54 Å². The molecule has 0 fully saturated rings. The lowest BCUT2D eigenvalue weighted by Crippen LogP contribution is -2.55. The van der Waals surface area contributed by atoms with E-state index in [0.717, 1.165) is 5.56 Å². The lowest BCUT2D eigenvalue weighted by atomic mass is 9.88. The zero-order valence-electron chi connectivity index (χ0n) is 13.5. The minimum absolute atomic E-state index is 0.0110. The molecule has 0 bridgehead atoms. The van der Waals surface area contributed by atoms with E-state index in [9.17, 15) is 4.79 Å². The molecule has 3 N–H and O–H groups in total. The number of amides is 1. The Hall–Kier alpha value is -1.99. The lowest BCUT2D eigenvalue weighted by Gasteiger charge is -2.33. The van der Waals surface area contributed by atoms with Gasteiger partial charge in [0.1, 0.15) is 6.54 Å². The number of nitrogens with zero attached hydrogens (tertiary/aromatic N) is 4. The standard InChI is InChI=1S/C15H21ClN6O/c1-10(2)15(3,9-17)18-13(23)8-22-20-14(19-21-22)11-4-6-12(16)7-5-11/h4-7,10H,8-9,17H2,1-3H3,(H,18,23). The van der Waals surface area contributed by atoms with Gasteiger partial charge in [0.2, 0.25) is 11.7 Å². The predicted molar refractivity (Wildman–Crippen MR) is 88.7 cm³/mol. The van der Waals surface area contributed by atoms with E-state index >= 15 is 0 Å². The number of nitrogens with one attached hydrogen (secondary N) is 1. The average molecular weight is 337 g/mol. The van der Waals surface area contributed by atoms with Crippen molar-refractivity contribution in [3.63, 3.8) is 0 Å². The van der Waals surface area contributed by atoms with Gasteiger partial charge in [0.25, 0.3) is 0 Å². The van der Waals surface area contributed by atoms with Gasteiger partial charge in [-0.15, -0.1) is 10.2 Å². The molecule has 1 amide bonds. The van der Waals surface area contributed by atoms with Crippen molar-refractivity contribution >= 4 is 17.5 Å². The predicted octanol–water partition coefficient (Wildman–Crippen LogP) is 1.48. The maximum Gasteiger partial charge on any atom is 0.244 e. The summed E-state index contributed by atoms with van der Waals surface area (Å²) in [5, 5.41) is 15.6. The number of hydrogen-bond donors (Lipinski definition) is 2. The lowest BCUT2D eigenvalue weighted by molar-refractivity contribution is -0.124. The first-order chi connectivity index (χ1) is 10.8. The molecule has 1 aromatic heterocycles. The van der Waals surface area contributed by atoms with Crippen LogP contribution >= 0.6 is 11.6 Å². The number of aromatic nitrogens is 4. The molecular formula is C15H21ClN6O. The molecule has 1 unspecified atom stereocenters. The third kappa shape index (κ3) is 4.27. The summed E-state index contributed by atoms with van der Waals surface area (Å²) >= 11 is 5.85. The maximum absolute atomic E-state index is 12.2. The molecule has 0 aliphatic carbocycles. The molecule has 0 spiro atoms. The first kappa shape index (κ1) is 17.4. The molecule has 1 atom stereocenters. The summed E-state index contributed by atoms with van der Waals surface area (Å²) in [6.45, 7) is 6.29. The molecule has 7 nitrogen and oxygen atoms in total. The highest BCUT2D eigenvalue weighted by Gasteiger charge is 2.28. The van der Waals surface area contributed by atoms with Gasteiger partial charge in [-0.3, -0.25) is 4.79 Å². The van der Waals surface area contributed by atoms with E-state index in [-0.39, 0.29) is 18.4 Å². The Balaban J connectivity index is 2.04. The number of carbonyl (C=O) groups excluding carboxylic acids is 1. The van der Waals surface area contributed by atoms with Crippen molar-refractivity contribution in [2.24, 2.45) is 11.7 Å². The van der Waals surface area contributed by atoms with E-state index in [1.165, 1.54) is 4.80 Å². The number of rotatable bonds is 6. The Morgan fingerprint density at radius 2 is 2.04 bits per heavy atom. The summed E-state index contributed by atoms with van der Waals surface area (Å²) in [5.41, 5.74) is 6.09. The van der Waals surface area contributed by atoms with Gasteiger partial charge >= 0.3 is 0 Å². The summed E-state index contributed by atoms with van der Waals surface area (Å²) in [6, 6.07) is 7.10. The monoisotopic (exact) mass is 336 g/mol. The molecule has 2 rings (SSSR count). The van der Waals surface area contributed by atoms with Crippen LogP contribution in [0.4, 0.5) is 0 Å². The highest BCUT2D eigenvalue weighted by Crippen LogP contribution is 2.17. The highest BCUT2D eigenvalue weighted by molar-refractivity contribution is 6.30. The fourth-order valence-corrected chi connectivity index (χ4v) is 2.07. The van der Waals surface area contributed by atoms with Crippen LogP contribution in [-0.4, -0.2) is 38.2 Å². The highest BCUT2D eigenvalue weighted by atomic mass is 35.5. The Bertz CT molecular complexity index is 669. The third-order valence-corrected chi connectivity index (χ3v) is 4.22. The van der Waals surface area contributed by atoms with E-state index in [1.807, 2.05) is 20.8 Å². The van der Waals surface area contributed by atoms with E-state index in [1.54, 1.807) is 24.3 Å². The third-order valence-electron chi connectivity index (χ3n) is 3.96. The molecule has 0 saturated heterocycles. The normalized spacial score (nSPS) is 13.8. The smallest absolute Gasteiger partial charge is 0.244 e. The fourth-order valence-electron chi connectivity index (χ4n) is 1.94. The molecule has 1 heterocycles. The fraction of sp³-hybridized carbons (Fsp3) is 0.467. The van der Waals surface area contributed by atoms with Crippen LogP contribution in [0.1, 0.15) is 20.8 Å². The second-order valence-electron chi connectivity index (χ2n) is 5.97. The van der Waals surface area contributed by atoms with E-state index in [4.69, 9.17) is 17.3 Å². The van der Waals surface area contributed by atoms with Crippen molar-refractivity contribution in [1.29, 1.82) is 0 Å². The average Bonchev–Trinajstić information content (AvgIpc) is 2.95. The summed E-state index contributed by atoms with van der Waals surface area (Å²) in [7, 11) is 0. The van der Waals surface area contributed by atoms with Crippen molar-refractivity contribution in [2.75, 3.05) is 6.54 Å². The molecular weight excluding hydrogens is 316 g/mol. The van der Waals surface area contributed by atoms with Crippen LogP contribution < -0.4 is 11.1 Å². The summed E-state index contributed by atoms with van der Waals surface area (Å²) in [6.07, 6.45) is 0. The number of carbonyl (C=O) groups is 1. The summed E-state index contributed by atoms with van der Waals surface area (Å²) < 4.78 is 0. The van der Waals surface area contributed by atoms with Crippen LogP contribution in [0.25, 0.3) is 11.4 Å². The Morgan fingerprint density at radius 1 is 1.39 bits per heavy atom. The number of nitrogens with two attached hydrogens (primary N) is 1. The van der Waals surface area contributed by atoms with Gasteiger partial charge in [-0.25, -0.2) is 0 Å². The van der Waals surface area contributed by atoms with Gasteiger partial charge in [-0.05, 0) is 42.3 Å². The zero-order chi connectivity index (χ0) is 17.0. The van der Waals surface area contributed by atoms with Gasteiger partial charge in [0.05, 0.1) is 5.54 Å². The molecule has 2 aromatic rings. The Kier molecular flexibility index (Phi) is 5.33. The molecule has 0 aliphatic heterocycles. The van der Waals surface area contributed by atoms with Crippen LogP contribution in [0.5, 0.6) is 0 Å². The molecule has 1 aromatic carbocycles. The number of benzene rings is 1. The van der Waals surface area contributed by atoms with Gasteiger partial charge in [-0.2, -0.15) is 4.80 Å². The minimum Gasteiger partial charge on any atom is -0.348 e. The van der Waals surface area contributed by atoms with Crippen molar-refractivity contribution < 1.29 is 4.79 Å². The Labute approximate surface area is 140 Å². The quantitative estimate of drug-likeness (QED) is 0.832.